The first-order chi connectivity index (χ1) is 39.0. The van der Waals surface area contributed by atoms with Crippen molar-refractivity contribution in [2.24, 2.45) is 5.73 Å². The van der Waals surface area contributed by atoms with Crippen LogP contribution in [0, 0.1) is 0 Å². The number of fused-ring (bicyclic) bond motifs is 3. The molecule has 3 saturated heterocycles. The van der Waals surface area contributed by atoms with Crippen molar-refractivity contribution in [3.05, 3.63) is 71.8 Å². The van der Waals surface area contributed by atoms with Gasteiger partial charge in [-0.25, -0.2) is 0 Å². The Morgan fingerprint density at radius 1 is 0.747 bits per heavy atom. The summed E-state index contributed by atoms with van der Waals surface area (Å²) in [6, 6.07) is 2.49. The minimum atomic E-state index is -2.37. The van der Waals surface area contributed by atoms with E-state index in [9.17, 15) is 79.2 Å². The molecule has 3 aliphatic rings. The first-order valence-electron chi connectivity index (χ1n) is 27.6. The van der Waals surface area contributed by atoms with Crippen LogP contribution in [0.25, 0.3) is 10.8 Å². The number of carbonyl (C=O) groups is 8. The molecule has 28 heteroatoms. The van der Waals surface area contributed by atoms with Gasteiger partial charge in [-0.05, 0) is 72.5 Å². The number of benzene rings is 3. The summed E-state index contributed by atoms with van der Waals surface area (Å²) in [6.45, 7) is 2.54. The number of carbonyl (C=O) groups excluding carboxylic acids is 8. The van der Waals surface area contributed by atoms with Crippen LogP contribution in [0.3, 0.4) is 0 Å². The van der Waals surface area contributed by atoms with Gasteiger partial charge in [-0.15, -0.1) is 0 Å². The Bertz CT molecular complexity index is 2730. The van der Waals surface area contributed by atoms with Gasteiger partial charge in [-0.3, -0.25) is 38.4 Å². The molecule has 6 rings (SSSR count). The summed E-state index contributed by atoms with van der Waals surface area (Å²) in [5.74, 6) is -9.37. The molecule has 0 spiro atoms. The predicted molar refractivity (Wildman–Crippen MR) is 289 cm³/mol. The molecule has 8 amide bonds. The number of phenols is 1. The summed E-state index contributed by atoms with van der Waals surface area (Å²) in [4.78, 5) is 115. The number of rotatable bonds is 20. The summed E-state index contributed by atoms with van der Waals surface area (Å²) in [6.07, 6.45) is -11.4. The van der Waals surface area contributed by atoms with Crippen molar-refractivity contribution in [1.82, 2.24) is 36.4 Å². The van der Waals surface area contributed by atoms with Crippen LogP contribution < -0.4 is 55.2 Å². The molecule has 3 fully saturated rings. The Balaban J connectivity index is 0.0000126. The number of quaternary nitrogens is 1. The monoisotopic (exact) mass is 1190 g/mol. The molecular formula is C55H78ClN9O18. The third-order valence-corrected chi connectivity index (χ3v) is 14.7. The van der Waals surface area contributed by atoms with E-state index in [4.69, 9.17) is 15.2 Å². The van der Waals surface area contributed by atoms with Crippen molar-refractivity contribution in [2.75, 3.05) is 32.8 Å². The average molecular weight is 1190 g/mol. The van der Waals surface area contributed by atoms with Crippen molar-refractivity contribution in [2.45, 2.75) is 163 Å². The van der Waals surface area contributed by atoms with E-state index in [-0.39, 0.29) is 48.9 Å². The Labute approximate surface area is 484 Å². The summed E-state index contributed by atoms with van der Waals surface area (Å²) < 4.78 is 11.8. The molecule has 0 bridgehead atoms. The van der Waals surface area contributed by atoms with Gasteiger partial charge in [-0.2, -0.15) is 0 Å². The first-order valence-corrected chi connectivity index (χ1v) is 27.6. The van der Waals surface area contributed by atoms with Crippen molar-refractivity contribution in [3.8, 4) is 11.5 Å². The lowest BCUT2D eigenvalue weighted by atomic mass is 9.96. The fourth-order valence-electron chi connectivity index (χ4n) is 10.2. The lowest BCUT2D eigenvalue weighted by molar-refractivity contribution is -0.376. The van der Waals surface area contributed by atoms with Gasteiger partial charge in [0.15, 0.2) is 6.23 Å². The van der Waals surface area contributed by atoms with E-state index in [1.54, 1.807) is 18.2 Å². The maximum atomic E-state index is 14.6. The Hall–Kier alpha value is -6.79. The highest BCUT2D eigenvalue weighted by Crippen LogP contribution is 2.27. The third kappa shape index (κ3) is 17.6. The number of nitrogens with two attached hydrogens (primary N) is 1. The summed E-state index contributed by atoms with van der Waals surface area (Å²) in [5.41, 5.74) is 9.02. The van der Waals surface area contributed by atoms with Crippen LogP contribution in [-0.2, 0) is 38.3 Å². The maximum Gasteiger partial charge on any atom is 0.251 e. The van der Waals surface area contributed by atoms with Crippen molar-refractivity contribution in [3.63, 3.8) is 0 Å². The summed E-state index contributed by atoms with van der Waals surface area (Å²) in [5, 5.41) is 103. The third-order valence-electron chi connectivity index (χ3n) is 14.7. The molecule has 0 saturated carbocycles. The zero-order chi connectivity index (χ0) is 59.9. The lowest BCUT2D eigenvalue weighted by Crippen LogP contribution is -3.00. The number of aromatic hydroxyl groups is 1. The number of halogens is 1. The van der Waals surface area contributed by atoms with Gasteiger partial charge < -0.3 is 111 Å². The Morgan fingerprint density at radius 3 is 2.06 bits per heavy atom. The largest absolute Gasteiger partial charge is 1.00 e. The number of primary amides is 1. The second kappa shape index (κ2) is 31.2. The van der Waals surface area contributed by atoms with Gasteiger partial charge in [0.25, 0.3) is 5.91 Å². The van der Waals surface area contributed by atoms with Crippen LogP contribution in [0.1, 0.15) is 100 Å². The lowest BCUT2D eigenvalue weighted by Gasteiger charge is -2.34. The standard InChI is InChI=1S/C55H77N9O18.ClH/c1-3-4-5-6-7-8-20-81-35-16-13-30-22-32(10-9-31(30)23-35)48(74)58-36-25-40(70)53(82-21-18-56)62-52(78)45-38(68)17-19-63(45)55(80)43(39(69)26-41(57)71)60-51(77)44(47(73)46(72)29-11-14-33(66)15-12-29)61-50(76)37-24-34(67)27-64(37)54(79)42(28(2)65)59-49(36)75;/h9-16,22-23,28,34,36-40,42-47,53,65-70,72-73H,3-8,17-21,24-27,56H2,1-2H3,(H2,57,71)(H,58,74)(H,59,75)(H,60,77)(H,61,76)(H,62,78);1H/t28-,34?,36-,37?,38+,39+,40-,42?,43?,44?,45?,46+,47+,53-;/m1./s1. The fraction of sp³-hybridized carbons (Fsp3) is 0.564. The number of hydrogen-bond donors (Lipinski definition) is 15. The average Bonchev–Trinajstić information content (AvgIpc) is 4.28. The minimum absolute atomic E-state index is 0. The molecular weight excluding hydrogens is 1110 g/mol. The SMILES string of the molecule is CCCCCCCCOc1ccc2cc(C(=O)N[C@@H]3C[C@@H](O)[C@@H](OCC[NH3+])NC(=O)C4[C@@H](O)CCN4C(=O)C([C@@H](O)CC(N)=O)NC(=O)C([C@H](O)[C@@H](O)c4ccc(O)cc4)NC(=O)C4CC(O)CN4C(=O)C([C@@H](C)O)NC3=O)ccc2c1.[Cl-]. The normalized spacial score (nSPS) is 26.4. The molecule has 3 heterocycles. The van der Waals surface area contributed by atoms with Crippen LogP contribution in [-0.4, -0.2) is 210 Å². The smallest absolute Gasteiger partial charge is 0.251 e. The molecule has 18 N–H and O–H groups in total. The quantitative estimate of drug-likeness (QED) is 0.0468. The van der Waals surface area contributed by atoms with Crippen LogP contribution >= 0.6 is 0 Å². The zero-order valence-electron chi connectivity index (χ0n) is 46.2. The van der Waals surface area contributed by atoms with E-state index in [2.05, 4.69) is 39.2 Å². The Morgan fingerprint density at radius 2 is 1.39 bits per heavy atom. The van der Waals surface area contributed by atoms with Crippen LogP contribution in [0.5, 0.6) is 11.5 Å². The second-order valence-electron chi connectivity index (χ2n) is 21.0. The molecule has 14 atom stereocenters. The summed E-state index contributed by atoms with van der Waals surface area (Å²) in [7, 11) is 0. The van der Waals surface area contributed by atoms with Gasteiger partial charge in [0.05, 0.1) is 50.6 Å². The number of hydrogen-bond acceptors (Lipinski definition) is 18. The van der Waals surface area contributed by atoms with E-state index in [0.717, 1.165) is 73.1 Å². The van der Waals surface area contributed by atoms with Crippen molar-refractivity contribution in [1.29, 1.82) is 0 Å². The molecule has 0 aromatic heterocycles. The minimum Gasteiger partial charge on any atom is -1.00 e. The first kappa shape index (κ1) is 67.0. The molecule has 0 aliphatic carbocycles. The van der Waals surface area contributed by atoms with Gasteiger partial charge in [-0.1, -0.05) is 63.3 Å². The number of aliphatic hydroxyl groups excluding tert-OH is 7. The van der Waals surface area contributed by atoms with Gasteiger partial charge in [0, 0.05) is 31.5 Å². The fourth-order valence-corrected chi connectivity index (χ4v) is 10.2. The Kier molecular flexibility index (Phi) is 25.2. The maximum absolute atomic E-state index is 14.6. The number of nitrogens with one attached hydrogen (secondary N) is 5. The van der Waals surface area contributed by atoms with E-state index in [1.807, 2.05) is 6.07 Å². The van der Waals surface area contributed by atoms with Crippen molar-refractivity contribution >= 4 is 58.0 Å². The number of nitrogens with zero attached hydrogens (tertiary/aromatic N) is 2. The number of aliphatic hydroxyl groups is 7. The number of unbranched alkanes of at least 4 members (excludes halogenated alkanes) is 5. The van der Waals surface area contributed by atoms with Gasteiger partial charge >= 0.3 is 0 Å². The van der Waals surface area contributed by atoms with Gasteiger partial charge in [0.2, 0.25) is 41.4 Å². The van der Waals surface area contributed by atoms with E-state index in [1.165, 1.54) is 18.6 Å². The topological polar surface area (TPSA) is 437 Å². The summed E-state index contributed by atoms with van der Waals surface area (Å²) >= 11 is 0. The molecule has 3 aromatic carbocycles. The molecule has 6 unspecified atom stereocenters. The molecule has 3 aliphatic heterocycles. The van der Waals surface area contributed by atoms with E-state index in [0.29, 0.717) is 23.1 Å². The molecule has 0 radical (unpaired) electrons. The second-order valence-corrected chi connectivity index (χ2v) is 21.0. The van der Waals surface area contributed by atoms with Crippen LogP contribution in [0.2, 0.25) is 0 Å². The number of amides is 8. The molecule has 27 nitrogen and oxygen atoms in total. The van der Waals surface area contributed by atoms with E-state index < -0.39 is 165 Å². The van der Waals surface area contributed by atoms with Crippen molar-refractivity contribution < 1.29 is 107 Å². The molecule has 3 aromatic rings. The highest BCUT2D eigenvalue weighted by atomic mass is 35.5. The van der Waals surface area contributed by atoms with Crippen LogP contribution in [0.15, 0.2) is 60.7 Å². The molecule has 458 valence electrons. The van der Waals surface area contributed by atoms with Gasteiger partial charge in [0.1, 0.15) is 66.1 Å². The van der Waals surface area contributed by atoms with E-state index >= 15 is 0 Å². The number of ether oxygens (including phenoxy) is 2. The predicted octanol–water partition coefficient (Wildman–Crippen LogP) is -7.06. The zero-order valence-corrected chi connectivity index (χ0v) is 46.9. The highest BCUT2D eigenvalue weighted by Gasteiger charge is 2.49. The highest BCUT2D eigenvalue weighted by molar-refractivity contribution is 6.02. The molecule has 83 heavy (non-hydrogen) atoms. The number of phenolic OH excluding ortho intramolecular Hbond substituents is 1. The van der Waals surface area contributed by atoms with Crippen LogP contribution in [0.4, 0.5) is 0 Å².